The minimum absolute atomic E-state index is 0.0106. The third-order valence-electron chi connectivity index (χ3n) is 3.77. The Labute approximate surface area is 120 Å². The second-order valence-electron chi connectivity index (χ2n) is 5.38. The molecule has 0 saturated carbocycles. The lowest BCUT2D eigenvalue weighted by atomic mass is 10.0. The van der Waals surface area contributed by atoms with Crippen molar-refractivity contribution in [2.45, 2.75) is 38.3 Å². The van der Waals surface area contributed by atoms with Crippen LogP contribution in [-0.2, 0) is 11.3 Å². The van der Waals surface area contributed by atoms with Gasteiger partial charge < -0.3 is 15.3 Å². The van der Waals surface area contributed by atoms with Gasteiger partial charge in [0.25, 0.3) is 0 Å². The van der Waals surface area contributed by atoms with Crippen LogP contribution in [0.4, 0.5) is 0 Å². The molecule has 0 aliphatic carbocycles. The van der Waals surface area contributed by atoms with E-state index in [-0.39, 0.29) is 12.5 Å². The van der Waals surface area contributed by atoms with Crippen LogP contribution in [0.1, 0.15) is 31.2 Å². The van der Waals surface area contributed by atoms with E-state index < -0.39 is 0 Å². The number of nitrogens with one attached hydrogen (secondary N) is 1. The van der Waals surface area contributed by atoms with E-state index in [4.69, 9.17) is 5.11 Å². The van der Waals surface area contributed by atoms with Gasteiger partial charge >= 0.3 is 0 Å². The predicted octanol–water partition coefficient (Wildman–Crippen LogP) is 1.54. The topological polar surface area (TPSA) is 52.6 Å². The van der Waals surface area contributed by atoms with Gasteiger partial charge in [-0.05, 0) is 24.9 Å². The monoisotopic (exact) mass is 276 g/mol. The highest BCUT2D eigenvalue weighted by atomic mass is 16.3. The normalized spacial score (nSPS) is 18.8. The zero-order valence-corrected chi connectivity index (χ0v) is 11.9. The minimum Gasteiger partial charge on any atom is -0.395 e. The summed E-state index contributed by atoms with van der Waals surface area (Å²) in [6.45, 7) is 2.00. The van der Waals surface area contributed by atoms with Crippen molar-refractivity contribution in [3.63, 3.8) is 0 Å². The molecule has 1 aliphatic rings. The average Bonchev–Trinajstić information content (AvgIpc) is 2.49. The maximum absolute atomic E-state index is 12.4. The molecule has 1 atom stereocenters. The van der Waals surface area contributed by atoms with Crippen LogP contribution in [0.15, 0.2) is 30.3 Å². The lowest BCUT2D eigenvalue weighted by Crippen LogP contribution is -2.41. The smallest absolute Gasteiger partial charge is 0.224 e. The summed E-state index contributed by atoms with van der Waals surface area (Å²) in [5, 5.41) is 12.6. The van der Waals surface area contributed by atoms with Crippen molar-refractivity contribution in [1.82, 2.24) is 10.2 Å². The molecule has 1 aromatic rings. The first-order valence-electron chi connectivity index (χ1n) is 7.45. The van der Waals surface area contributed by atoms with Crippen LogP contribution < -0.4 is 5.32 Å². The number of carbonyl (C=O) groups is 1. The highest BCUT2D eigenvalue weighted by Crippen LogP contribution is 2.13. The molecule has 1 aliphatic heterocycles. The Kier molecular flexibility index (Phi) is 6.02. The molecule has 110 valence electrons. The van der Waals surface area contributed by atoms with Gasteiger partial charge in [0.2, 0.25) is 5.91 Å². The van der Waals surface area contributed by atoms with Gasteiger partial charge in [0, 0.05) is 25.6 Å². The molecule has 0 bridgehead atoms. The van der Waals surface area contributed by atoms with Gasteiger partial charge in [-0.15, -0.1) is 0 Å². The van der Waals surface area contributed by atoms with Crippen LogP contribution >= 0.6 is 0 Å². The van der Waals surface area contributed by atoms with Gasteiger partial charge in [-0.2, -0.15) is 0 Å². The lowest BCUT2D eigenvalue weighted by molar-refractivity contribution is -0.133. The summed E-state index contributed by atoms with van der Waals surface area (Å²) in [5.41, 5.74) is 1.10. The summed E-state index contributed by atoms with van der Waals surface area (Å²) in [7, 11) is 0. The third-order valence-corrected chi connectivity index (χ3v) is 3.77. The SMILES string of the molecule is O=C(CC1CCCCN1)N(CCO)Cc1ccccc1. The summed E-state index contributed by atoms with van der Waals surface area (Å²) in [5.74, 6) is 0.127. The van der Waals surface area contributed by atoms with Gasteiger partial charge in [-0.1, -0.05) is 36.8 Å². The number of aliphatic hydroxyl groups excluding tert-OH is 1. The summed E-state index contributed by atoms with van der Waals surface area (Å²) >= 11 is 0. The molecule has 1 unspecified atom stereocenters. The minimum atomic E-state index is 0.0106. The summed E-state index contributed by atoms with van der Waals surface area (Å²) < 4.78 is 0. The van der Waals surface area contributed by atoms with Crippen LogP contribution in [-0.4, -0.2) is 41.7 Å². The molecule has 1 saturated heterocycles. The largest absolute Gasteiger partial charge is 0.395 e. The Hall–Kier alpha value is -1.39. The van der Waals surface area contributed by atoms with E-state index in [0.29, 0.717) is 25.6 Å². The molecule has 20 heavy (non-hydrogen) atoms. The molecule has 0 aromatic heterocycles. The molecular weight excluding hydrogens is 252 g/mol. The molecule has 1 aromatic carbocycles. The zero-order valence-electron chi connectivity index (χ0n) is 11.9. The fourth-order valence-electron chi connectivity index (χ4n) is 2.65. The van der Waals surface area contributed by atoms with Gasteiger partial charge in [0.15, 0.2) is 0 Å². The number of hydrogen-bond donors (Lipinski definition) is 2. The Morgan fingerprint density at radius 3 is 2.75 bits per heavy atom. The first kappa shape index (κ1) is 15.0. The van der Waals surface area contributed by atoms with E-state index >= 15 is 0 Å². The number of amides is 1. The quantitative estimate of drug-likeness (QED) is 0.828. The van der Waals surface area contributed by atoms with E-state index in [2.05, 4.69) is 5.32 Å². The van der Waals surface area contributed by atoms with Crippen molar-refractivity contribution in [2.24, 2.45) is 0 Å². The van der Waals surface area contributed by atoms with E-state index in [9.17, 15) is 4.79 Å². The van der Waals surface area contributed by atoms with Crippen molar-refractivity contribution in [2.75, 3.05) is 19.7 Å². The first-order chi connectivity index (χ1) is 9.79. The molecular formula is C16H24N2O2. The van der Waals surface area contributed by atoms with Crippen LogP contribution in [0.2, 0.25) is 0 Å². The highest BCUT2D eigenvalue weighted by Gasteiger charge is 2.20. The van der Waals surface area contributed by atoms with Gasteiger partial charge in [-0.3, -0.25) is 4.79 Å². The Morgan fingerprint density at radius 1 is 1.30 bits per heavy atom. The lowest BCUT2D eigenvalue weighted by Gasteiger charge is -2.27. The van der Waals surface area contributed by atoms with Crippen LogP contribution in [0.5, 0.6) is 0 Å². The number of benzene rings is 1. The van der Waals surface area contributed by atoms with Crippen molar-refractivity contribution < 1.29 is 9.90 Å². The molecule has 0 spiro atoms. The third kappa shape index (κ3) is 4.62. The molecule has 1 amide bonds. The van der Waals surface area contributed by atoms with Crippen LogP contribution in [0, 0.1) is 0 Å². The number of nitrogens with zero attached hydrogens (tertiary/aromatic N) is 1. The maximum atomic E-state index is 12.4. The number of hydrogen-bond acceptors (Lipinski definition) is 3. The zero-order chi connectivity index (χ0) is 14.2. The van der Waals surface area contributed by atoms with Gasteiger partial charge in [0.05, 0.1) is 6.61 Å². The van der Waals surface area contributed by atoms with Crippen molar-refractivity contribution in [1.29, 1.82) is 0 Å². The average molecular weight is 276 g/mol. The Bertz CT molecular complexity index is 402. The number of carbonyl (C=O) groups excluding carboxylic acids is 1. The molecule has 0 radical (unpaired) electrons. The summed E-state index contributed by atoms with van der Waals surface area (Å²) in [4.78, 5) is 14.1. The van der Waals surface area contributed by atoms with E-state index in [1.165, 1.54) is 12.8 Å². The van der Waals surface area contributed by atoms with E-state index in [0.717, 1.165) is 18.5 Å². The first-order valence-corrected chi connectivity index (χ1v) is 7.45. The fraction of sp³-hybridized carbons (Fsp3) is 0.562. The predicted molar refractivity (Wildman–Crippen MR) is 79.2 cm³/mol. The summed E-state index contributed by atoms with van der Waals surface area (Å²) in [6, 6.07) is 10.2. The Morgan fingerprint density at radius 2 is 2.10 bits per heavy atom. The van der Waals surface area contributed by atoms with Gasteiger partial charge in [0.1, 0.15) is 0 Å². The van der Waals surface area contributed by atoms with Crippen molar-refractivity contribution in [3.8, 4) is 0 Å². The number of rotatable bonds is 6. The molecule has 4 heteroatoms. The van der Waals surface area contributed by atoms with Crippen LogP contribution in [0.25, 0.3) is 0 Å². The van der Waals surface area contributed by atoms with Gasteiger partial charge in [-0.25, -0.2) is 0 Å². The summed E-state index contributed by atoms with van der Waals surface area (Å²) in [6.07, 6.45) is 4.01. The molecule has 4 nitrogen and oxygen atoms in total. The molecule has 2 rings (SSSR count). The van der Waals surface area contributed by atoms with Crippen LogP contribution in [0.3, 0.4) is 0 Å². The van der Waals surface area contributed by atoms with Crippen molar-refractivity contribution in [3.05, 3.63) is 35.9 Å². The van der Waals surface area contributed by atoms with E-state index in [1.807, 2.05) is 30.3 Å². The molecule has 1 fully saturated rings. The fourth-order valence-corrected chi connectivity index (χ4v) is 2.65. The second kappa shape index (κ2) is 8.02. The molecule has 1 heterocycles. The van der Waals surface area contributed by atoms with Crippen molar-refractivity contribution >= 4 is 5.91 Å². The molecule has 2 N–H and O–H groups in total. The highest BCUT2D eigenvalue weighted by molar-refractivity contribution is 5.76. The van der Waals surface area contributed by atoms with E-state index in [1.54, 1.807) is 4.90 Å². The number of aliphatic hydroxyl groups is 1. The Balaban J connectivity index is 1.91. The standard InChI is InChI=1S/C16H24N2O2/c19-11-10-18(13-14-6-2-1-3-7-14)16(20)12-15-8-4-5-9-17-15/h1-3,6-7,15,17,19H,4-5,8-13H2. The second-order valence-corrected chi connectivity index (χ2v) is 5.38. The number of piperidine rings is 1. The maximum Gasteiger partial charge on any atom is 0.224 e.